The van der Waals surface area contributed by atoms with E-state index in [1.165, 1.54) is 6.07 Å². The molecule has 2 aliphatic heterocycles. The maximum absolute atomic E-state index is 14.0. The van der Waals surface area contributed by atoms with Crippen molar-refractivity contribution in [3.8, 4) is 5.75 Å². The molecule has 1 saturated heterocycles. The van der Waals surface area contributed by atoms with E-state index in [0.717, 1.165) is 31.5 Å². The number of hydrogen-bond acceptors (Lipinski definition) is 4. The Hall–Kier alpha value is -2.41. The molecule has 156 valence electrons. The maximum Gasteiger partial charge on any atom is 0.418 e. The fourth-order valence-electron chi connectivity index (χ4n) is 4.65. The Balaban J connectivity index is 1.79. The number of hydrogen-bond donors (Lipinski definition) is 2. The van der Waals surface area contributed by atoms with Crippen LogP contribution in [0.25, 0.3) is 0 Å². The van der Waals surface area contributed by atoms with Crippen molar-refractivity contribution in [2.24, 2.45) is 0 Å². The van der Waals surface area contributed by atoms with Gasteiger partial charge in [-0.05, 0) is 62.7 Å². The van der Waals surface area contributed by atoms with Crippen LogP contribution in [0.2, 0.25) is 0 Å². The number of nitrogens with one attached hydrogen (secondary N) is 2. The summed E-state index contributed by atoms with van der Waals surface area (Å²) < 4.78 is 47.6. The lowest BCUT2D eigenvalue weighted by atomic mass is 9.90. The Kier molecular flexibility index (Phi) is 5.34. The van der Waals surface area contributed by atoms with Crippen molar-refractivity contribution >= 4 is 17.1 Å². The van der Waals surface area contributed by atoms with Crippen molar-refractivity contribution < 1.29 is 17.9 Å². The minimum Gasteiger partial charge on any atom is -0.492 e. The van der Waals surface area contributed by atoms with E-state index in [0.29, 0.717) is 29.4 Å². The third-order valence-corrected chi connectivity index (χ3v) is 5.87. The number of halogens is 3. The monoisotopic (exact) mass is 405 g/mol. The van der Waals surface area contributed by atoms with Crippen LogP contribution in [0.5, 0.6) is 5.75 Å². The van der Waals surface area contributed by atoms with Crippen LogP contribution in [0.1, 0.15) is 36.8 Å². The maximum atomic E-state index is 14.0. The summed E-state index contributed by atoms with van der Waals surface area (Å²) in [5.74, 6) is 0.715. The molecule has 4 rings (SSSR count). The zero-order valence-electron chi connectivity index (χ0n) is 16.6. The van der Waals surface area contributed by atoms with E-state index < -0.39 is 11.7 Å². The van der Waals surface area contributed by atoms with E-state index in [-0.39, 0.29) is 12.0 Å². The Labute approximate surface area is 169 Å². The summed E-state index contributed by atoms with van der Waals surface area (Å²) in [5.41, 5.74) is 1.64. The first-order valence-corrected chi connectivity index (χ1v) is 10.1. The molecular weight excluding hydrogens is 379 g/mol. The molecule has 2 atom stereocenters. The van der Waals surface area contributed by atoms with Gasteiger partial charge in [0.25, 0.3) is 0 Å². The first-order chi connectivity index (χ1) is 13.9. The molecule has 0 bridgehead atoms. The lowest BCUT2D eigenvalue weighted by Crippen LogP contribution is -2.32. The highest BCUT2D eigenvalue weighted by Gasteiger charge is 2.44. The van der Waals surface area contributed by atoms with Crippen LogP contribution in [0.4, 0.5) is 30.2 Å². The number of rotatable bonds is 4. The molecule has 0 unspecified atom stereocenters. The minimum atomic E-state index is -4.42. The SMILES string of the molecule is CCOc1ccccc1Nc1cc2c(c(C(F)(F)F)c1)N(C)[C@H]1CCNCC[C@@H]21. The molecule has 2 aromatic carbocycles. The number of ether oxygens (including phenoxy) is 1. The predicted molar refractivity (Wildman–Crippen MR) is 109 cm³/mol. The van der Waals surface area contributed by atoms with E-state index in [1.807, 2.05) is 42.2 Å². The highest BCUT2D eigenvalue weighted by Crippen LogP contribution is 2.51. The van der Waals surface area contributed by atoms with E-state index in [4.69, 9.17) is 4.74 Å². The van der Waals surface area contributed by atoms with Crippen molar-refractivity contribution in [2.45, 2.75) is 37.9 Å². The third-order valence-electron chi connectivity index (χ3n) is 5.87. The lowest BCUT2D eigenvalue weighted by molar-refractivity contribution is -0.137. The molecule has 0 aliphatic carbocycles. The number of benzene rings is 2. The molecule has 0 aromatic heterocycles. The Morgan fingerprint density at radius 2 is 1.93 bits per heavy atom. The molecule has 2 heterocycles. The Bertz CT molecular complexity index is 884. The largest absolute Gasteiger partial charge is 0.492 e. The predicted octanol–water partition coefficient (Wildman–Crippen LogP) is 5.13. The van der Waals surface area contributed by atoms with Crippen LogP contribution < -0.4 is 20.3 Å². The molecule has 2 aromatic rings. The van der Waals surface area contributed by atoms with Crippen molar-refractivity contribution in [1.82, 2.24) is 5.32 Å². The number of nitrogens with zero attached hydrogens (tertiary/aromatic N) is 1. The standard InChI is InChI=1S/C22H26F3N3O/c1-3-29-20-7-5-4-6-18(20)27-14-12-16-15-8-10-26-11-9-19(15)28(2)21(16)17(13-14)22(23,24)25/h4-7,12-13,15,19,26-27H,3,8-11H2,1-2H3/t15-,19-/m0/s1. The second-order valence-corrected chi connectivity index (χ2v) is 7.63. The van der Waals surface area contributed by atoms with Crippen molar-refractivity contribution in [3.05, 3.63) is 47.5 Å². The lowest BCUT2D eigenvalue weighted by Gasteiger charge is -2.26. The molecule has 4 nitrogen and oxygen atoms in total. The summed E-state index contributed by atoms with van der Waals surface area (Å²) in [4.78, 5) is 1.84. The van der Waals surface area contributed by atoms with Gasteiger partial charge in [0.15, 0.2) is 0 Å². The summed E-state index contributed by atoms with van der Waals surface area (Å²) >= 11 is 0. The van der Waals surface area contributed by atoms with Gasteiger partial charge in [0.1, 0.15) is 5.75 Å². The van der Waals surface area contributed by atoms with E-state index in [2.05, 4.69) is 10.6 Å². The average Bonchev–Trinajstić information content (AvgIpc) is 2.84. The van der Waals surface area contributed by atoms with E-state index >= 15 is 0 Å². The van der Waals surface area contributed by atoms with Crippen LogP contribution in [0.15, 0.2) is 36.4 Å². The summed E-state index contributed by atoms with van der Waals surface area (Å²) in [5, 5.41) is 6.53. The first kappa shape index (κ1) is 19.9. The van der Waals surface area contributed by atoms with Gasteiger partial charge in [0.05, 0.1) is 23.5 Å². The smallest absolute Gasteiger partial charge is 0.418 e. The van der Waals surface area contributed by atoms with E-state index in [1.54, 1.807) is 7.05 Å². The number of para-hydroxylation sites is 2. The van der Waals surface area contributed by atoms with Crippen LogP contribution in [0, 0.1) is 0 Å². The van der Waals surface area contributed by atoms with Gasteiger partial charge in [-0.25, -0.2) is 0 Å². The minimum absolute atomic E-state index is 0.0899. The quantitative estimate of drug-likeness (QED) is 0.739. The fraction of sp³-hybridized carbons (Fsp3) is 0.455. The average molecular weight is 405 g/mol. The highest BCUT2D eigenvalue weighted by atomic mass is 19.4. The number of likely N-dealkylation sites (N-methyl/N-ethyl adjacent to an activating group) is 1. The van der Waals surface area contributed by atoms with Gasteiger partial charge >= 0.3 is 6.18 Å². The normalized spacial score (nSPS) is 21.3. The highest BCUT2D eigenvalue weighted by molar-refractivity contribution is 5.75. The zero-order chi connectivity index (χ0) is 20.6. The van der Waals surface area contributed by atoms with E-state index in [9.17, 15) is 13.2 Å². The van der Waals surface area contributed by atoms with Gasteiger partial charge in [-0.1, -0.05) is 12.1 Å². The zero-order valence-corrected chi connectivity index (χ0v) is 16.6. The molecule has 2 aliphatic rings. The number of anilines is 3. The van der Waals surface area contributed by atoms with Crippen molar-refractivity contribution in [3.63, 3.8) is 0 Å². The van der Waals surface area contributed by atoms with Gasteiger partial charge in [-0.15, -0.1) is 0 Å². The molecular formula is C22H26F3N3O. The summed E-state index contributed by atoms with van der Waals surface area (Å²) in [6.07, 6.45) is -2.75. The van der Waals surface area contributed by atoms with Gasteiger partial charge in [-0.2, -0.15) is 13.2 Å². The number of fused-ring (bicyclic) bond motifs is 3. The molecule has 0 saturated carbocycles. The summed E-state index contributed by atoms with van der Waals surface area (Å²) in [6.45, 7) is 4.01. The molecule has 0 spiro atoms. The molecule has 1 fully saturated rings. The second kappa shape index (κ2) is 7.78. The van der Waals surface area contributed by atoms with Crippen LogP contribution >= 0.6 is 0 Å². The molecule has 7 heteroatoms. The molecule has 0 amide bonds. The number of alkyl halides is 3. The molecule has 0 radical (unpaired) electrons. The van der Waals surface area contributed by atoms with Gasteiger partial charge in [0.2, 0.25) is 0 Å². The van der Waals surface area contributed by atoms with Gasteiger partial charge in [0, 0.05) is 24.7 Å². The molecule has 29 heavy (non-hydrogen) atoms. The van der Waals surface area contributed by atoms with Crippen LogP contribution in [-0.4, -0.2) is 32.8 Å². The second-order valence-electron chi connectivity index (χ2n) is 7.63. The van der Waals surface area contributed by atoms with Crippen molar-refractivity contribution in [1.29, 1.82) is 0 Å². The van der Waals surface area contributed by atoms with Crippen LogP contribution in [-0.2, 0) is 6.18 Å². The summed E-state index contributed by atoms with van der Waals surface area (Å²) in [6, 6.07) is 10.5. The Morgan fingerprint density at radius 3 is 2.69 bits per heavy atom. The first-order valence-electron chi connectivity index (χ1n) is 10.1. The Morgan fingerprint density at radius 1 is 1.17 bits per heavy atom. The topological polar surface area (TPSA) is 36.5 Å². The van der Waals surface area contributed by atoms with Crippen molar-refractivity contribution in [2.75, 3.05) is 37.0 Å². The van der Waals surface area contributed by atoms with Gasteiger partial charge < -0.3 is 20.3 Å². The molecule has 2 N–H and O–H groups in total. The summed E-state index contributed by atoms with van der Waals surface area (Å²) in [7, 11) is 1.79. The van der Waals surface area contributed by atoms with Gasteiger partial charge in [-0.3, -0.25) is 0 Å². The third kappa shape index (κ3) is 3.75. The van der Waals surface area contributed by atoms with Crippen LogP contribution in [0.3, 0.4) is 0 Å². The fourth-order valence-corrected chi connectivity index (χ4v) is 4.65.